The molecular formula is C30H37N3O5S. The normalized spacial score (nSPS) is 12.1. The lowest BCUT2D eigenvalue weighted by Gasteiger charge is -2.32. The Hall–Kier alpha value is -3.85. The molecule has 0 saturated heterocycles. The summed E-state index contributed by atoms with van der Waals surface area (Å²) in [5.41, 5.74) is 2.05. The summed E-state index contributed by atoms with van der Waals surface area (Å²) < 4.78 is 34.4. The van der Waals surface area contributed by atoms with Crippen molar-refractivity contribution >= 4 is 27.5 Å². The average Bonchev–Trinajstić information content (AvgIpc) is 2.92. The van der Waals surface area contributed by atoms with Crippen LogP contribution in [-0.4, -0.2) is 57.4 Å². The van der Waals surface area contributed by atoms with Crippen LogP contribution in [0.2, 0.25) is 0 Å². The first-order chi connectivity index (χ1) is 18.5. The van der Waals surface area contributed by atoms with Crippen LogP contribution >= 0.6 is 0 Å². The van der Waals surface area contributed by atoms with Crippen molar-refractivity contribution < 1.29 is 22.7 Å². The number of carbonyl (C=O) groups excluding carboxylic acids is 2. The molecule has 1 N–H and O–H groups in total. The van der Waals surface area contributed by atoms with Crippen molar-refractivity contribution in [2.24, 2.45) is 0 Å². The van der Waals surface area contributed by atoms with Crippen molar-refractivity contribution in [2.75, 3.05) is 24.5 Å². The van der Waals surface area contributed by atoms with Gasteiger partial charge in [-0.15, -0.1) is 0 Å². The molecule has 2 amide bonds. The Morgan fingerprint density at radius 2 is 1.54 bits per heavy atom. The predicted molar refractivity (Wildman–Crippen MR) is 153 cm³/mol. The van der Waals surface area contributed by atoms with Crippen LogP contribution in [0.5, 0.6) is 5.75 Å². The minimum atomic E-state index is -4.16. The lowest BCUT2D eigenvalue weighted by molar-refractivity contribution is -0.139. The Labute approximate surface area is 231 Å². The van der Waals surface area contributed by atoms with E-state index >= 15 is 0 Å². The molecule has 0 fully saturated rings. The standard InChI is InChI=1S/C30H37N3O5S/c1-22(2)31-30(35)24(4)32(19-18-25-12-8-6-9-13-25)29(34)21-33(27-20-23(3)16-17-28(27)38-5)39(36,37)26-14-10-7-11-15-26/h6-17,20,22,24H,18-19,21H2,1-5H3,(H,31,35)/t24-/m1/s1. The Balaban J connectivity index is 2.03. The summed E-state index contributed by atoms with van der Waals surface area (Å²) in [4.78, 5) is 28.4. The number of anilines is 1. The predicted octanol–water partition coefficient (Wildman–Crippen LogP) is 4.18. The number of hydrogen-bond donors (Lipinski definition) is 1. The number of hydrogen-bond acceptors (Lipinski definition) is 5. The number of aryl methyl sites for hydroxylation is 1. The first kappa shape index (κ1) is 29.7. The maximum atomic E-state index is 13.9. The minimum Gasteiger partial charge on any atom is -0.495 e. The van der Waals surface area contributed by atoms with Gasteiger partial charge in [-0.25, -0.2) is 8.42 Å². The highest BCUT2D eigenvalue weighted by atomic mass is 32.2. The molecule has 0 aliphatic heterocycles. The van der Waals surface area contributed by atoms with Gasteiger partial charge in [0.2, 0.25) is 11.8 Å². The topological polar surface area (TPSA) is 96.0 Å². The summed E-state index contributed by atoms with van der Waals surface area (Å²) in [5.74, 6) is -0.494. The van der Waals surface area contributed by atoms with Crippen molar-refractivity contribution in [1.82, 2.24) is 10.2 Å². The third kappa shape index (κ3) is 7.60. The van der Waals surface area contributed by atoms with Gasteiger partial charge in [-0.3, -0.25) is 13.9 Å². The average molecular weight is 552 g/mol. The van der Waals surface area contributed by atoms with E-state index in [0.717, 1.165) is 15.4 Å². The molecule has 0 aromatic heterocycles. The van der Waals surface area contributed by atoms with Gasteiger partial charge in [0.15, 0.2) is 0 Å². The van der Waals surface area contributed by atoms with Crippen LogP contribution in [0.3, 0.4) is 0 Å². The van der Waals surface area contributed by atoms with Crippen LogP contribution < -0.4 is 14.4 Å². The summed E-state index contributed by atoms with van der Waals surface area (Å²) in [6.45, 7) is 6.91. The number of carbonyl (C=O) groups is 2. The van der Waals surface area contributed by atoms with Crippen LogP contribution in [0.1, 0.15) is 31.9 Å². The molecule has 0 spiro atoms. The van der Waals surface area contributed by atoms with Gasteiger partial charge in [-0.2, -0.15) is 0 Å². The van der Waals surface area contributed by atoms with E-state index in [0.29, 0.717) is 12.2 Å². The molecule has 9 heteroatoms. The molecule has 0 bridgehead atoms. The molecule has 39 heavy (non-hydrogen) atoms. The van der Waals surface area contributed by atoms with Gasteiger partial charge < -0.3 is 15.0 Å². The lowest BCUT2D eigenvalue weighted by Crippen LogP contribution is -2.53. The third-order valence-electron chi connectivity index (χ3n) is 6.30. The van der Waals surface area contributed by atoms with Crippen LogP contribution in [0.4, 0.5) is 5.69 Å². The number of benzene rings is 3. The molecule has 1 atom stereocenters. The highest BCUT2D eigenvalue weighted by Crippen LogP contribution is 2.33. The molecule has 208 valence electrons. The molecule has 0 radical (unpaired) electrons. The Kier molecular flexibility index (Phi) is 10.1. The van der Waals surface area contributed by atoms with Gasteiger partial charge in [-0.1, -0.05) is 54.6 Å². The fourth-order valence-corrected chi connectivity index (χ4v) is 5.64. The van der Waals surface area contributed by atoms with Gasteiger partial charge in [-0.05, 0) is 69.5 Å². The SMILES string of the molecule is COc1ccc(C)cc1N(CC(=O)N(CCc1ccccc1)[C@H](C)C(=O)NC(C)C)S(=O)(=O)c1ccccc1. The number of methoxy groups -OCH3 is 1. The maximum absolute atomic E-state index is 13.9. The van der Waals surface area contributed by atoms with E-state index in [4.69, 9.17) is 4.74 Å². The Morgan fingerprint density at radius 1 is 0.923 bits per heavy atom. The van der Waals surface area contributed by atoms with Gasteiger partial charge in [0.25, 0.3) is 10.0 Å². The summed E-state index contributed by atoms with van der Waals surface area (Å²) in [7, 11) is -2.71. The van der Waals surface area contributed by atoms with Crippen LogP contribution in [0.25, 0.3) is 0 Å². The van der Waals surface area contributed by atoms with Crippen molar-refractivity contribution in [3.05, 3.63) is 90.0 Å². The van der Waals surface area contributed by atoms with Crippen LogP contribution in [0.15, 0.2) is 83.8 Å². The van der Waals surface area contributed by atoms with Crippen molar-refractivity contribution in [3.63, 3.8) is 0 Å². The molecule has 0 saturated carbocycles. The highest BCUT2D eigenvalue weighted by Gasteiger charge is 2.33. The first-order valence-corrected chi connectivity index (χ1v) is 14.3. The van der Waals surface area contributed by atoms with Crippen LogP contribution in [0, 0.1) is 6.92 Å². The zero-order chi connectivity index (χ0) is 28.6. The summed E-state index contributed by atoms with van der Waals surface area (Å²) in [6, 6.07) is 21.8. The number of nitrogens with zero attached hydrogens (tertiary/aromatic N) is 2. The maximum Gasteiger partial charge on any atom is 0.264 e. The second kappa shape index (κ2) is 13.3. The monoisotopic (exact) mass is 551 g/mol. The highest BCUT2D eigenvalue weighted by molar-refractivity contribution is 7.92. The van der Waals surface area contributed by atoms with E-state index in [1.165, 1.54) is 24.1 Å². The van der Waals surface area contributed by atoms with Gasteiger partial charge >= 0.3 is 0 Å². The number of ether oxygens (including phenoxy) is 1. The molecule has 3 aromatic rings. The molecule has 3 rings (SSSR count). The van der Waals surface area contributed by atoms with Crippen LogP contribution in [-0.2, 0) is 26.0 Å². The first-order valence-electron chi connectivity index (χ1n) is 12.9. The Bertz CT molecular complexity index is 1360. The van der Waals surface area contributed by atoms with Crippen molar-refractivity contribution in [3.8, 4) is 5.75 Å². The molecule has 8 nitrogen and oxygen atoms in total. The van der Waals surface area contributed by atoms with Crippen molar-refractivity contribution in [1.29, 1.82) is 0 Å². The minimum absolute atomic E-state index is 0.0443. The zero-order valence-electron chi connectivity index (χ0n) is 23.1. The van der Waals surface area contributed by atoms with E-state index < -0.39 is 28.5 Å². The molecule has 0 heterocycles. The van der Waals surface area contributed by atoms with E-state index in [-0.39, 0.29) is 29.1 Å². The Morgan fingerprint density at radius 3 is 2.13 bits per heavy atom. The third-order valence-corrected chi connectivity index (χ3v) is 8.07. The van der Waals surface area contributed by atoms with Gasteiger partial charge in [0.05, 0.1) is 17.7 Å². The second-order valence-electron chi connectivity index (χ2n) is 9.66. The van der Waals surface area contributed by atoms with E-state index in [9.17, 15) is 18.0 Å². The second-order valence-corrected chi connectivity index (χ2v) is 11.5. The van der Waals surface area contributed by atoms with E-state index in [2.05, 4.69) is 5.32 Å². The number of rotatable bonds is 12. The molecule has 0 aliphatic carbocycles. The summed E-state index contributed by atoms with van der Waals surface area (Å²) in [5, 5.41) is 2.86. The molecule has 0 aliphatic rings. The molecule has 3 aromatic carbocycles. The number of sulfonamides is 1. The lowest BCUT2D eigenvalue weighted by atomic mass is 10.1. The summed E-state index contributed by atoms with van der Waals surface area (Å²) >= 11 is 0. The van der Waals surface area contributed by atoms with Gasteiger partial charge in [0, 0.05) is 12.6 Å². The van der Waals surface area contributed by atoms with E-state index in [1.54, 1.807) is 37.3 Å². The largest absolute Gasteiger partial charge is 0.495 e. The fourth-order valence-electron chi connectivity index (χ4n) is 4.20. The molecule has 0 unspecified atom stereocenters. The zero-order valence-corrected chi connectivity index (χ0v) is 23.9. The molecular weight excluding hydrogens is 514 g/mol. The number of nitrogens with one attached hydrogen (secondary N) is 1. The fraction of sp³-hybridized carbons (Fsp3) is 0.333. The van der Waals surface area contributed by atoms with Gasteiger partial charge in [0.1, 0.15) is 18.3 Å². The summed E-state index contributed by atoms with van der Waals surface area (Å²) in [6.07, 6.45) is 0.505. The van der Waals surface area contributed by atoms with Crippen molar-refractivity contribution in [2.45, 2.75) is 51.1 Å². The smallest absolute Gasteiger partial charge is 0.264 e. The number of amides is 2. The van der Waals surface area contributed by atoms with E-state index in [1.807, 2.05) is 57.2 Å². The quantitative estimate of drug-likeness (QED) is 0.364.